The van der Waals surface area contributed by atoms with Gasteiger partial charge in [0.1, 0.15) is 0 Å². The number of nitrogens with zero attached hydrogens (tertiary/aromatic N) is 2. The molecule has 1 saturated heterocycles. The third kappa shape index (κ3) is 4.90. The lowest BCUT2D eigenvalue weighted by Crippen LogP contribution is -2.32. The van der Waals surface area contributed by atoms with E-state index >= 15 is 0 Å². The molecule has 0 bridgehead atoms. The molecule has 3 rings (SSSR count). The van der Waals surface area contributed by atoms with Crippen molar-refractivity contribution in [3.8, 4) is 0 Å². The van der Waals surface area contributed by atoms with Crippen LogP contribution in [0, 0.1) is 0 Å². The van der Waals surface area contributed by atoms with Crippen LogP contribution in [0.3, 0.4) is 0 Å². The average Bonchev–Trinajstić information content (AvgIpc) is 3.33. The van der Waals surface area contributed by atoms with Crippen molar-refractivity contribution in [3.05, 3.63) is 48.3 Å². The monoisotopic (exact) mass is 378 g/mol. The number of ether oxygens (including phenoxy) is 1. The highest BCUT2D eigenvalue weighted by molar-refractivity contribution is 7.89. The van der Waals surface area contributed by atoms with E-state index in [2.05, 4.69) is 15.1 Å². The minimum Gasteiger partial charge on any atom is -0.376 e. The number of hydrogen-bond acceptors (Lipinski definition) is 5. The molecular formula is C17H22N4O4S. The van der Waals surface area contributed by atoms with Crippen LogP contribution in [0.15, 0.2) is 47.6 Å². The molecule has 1 aliphatic heterocycles. The maximum absolute atomic E-state index is 12.4. The number of carbonyl (C=O) groups excluding carboxylic acids is 1. The number of sulfonamides is 1. The summed E-state index contributed by atoms with van der Waals surface area (Å²) in [5, 5.41) is 6.81. The zero-order chi connectivity index (χ0) is 18.4. The first-order valence-electron chi connectivity index (χ1n) is 8.51. The van der Waals surface area contributed by atoms with Crippen molar-refractivity contribution < 1.29 is 17.9 Å². The van der Waals surface area contributed by atoms with Crippen molar-refractivity contribution in [2.75, 3.05) is 19.7 Å². The van der Waals surface area contributed by atoms with Crippen LogP contribution in [0.5, 0.6) is 0 Å². The summed E-state index contributed by atoms with van der Waals surface area (Å²) in [6.45, 7) is 1.78. The first-order valence-corrected chi connectivity index (χ1v) is 10.00. The van der Waals surface area contributed by atoms with Gasteiger partial charge >= 0.3 is 0 Å². The number of benzene rings is 1. The van der Waals surface area contributed by atoms with E-state index < -0.39 is 10.0 Å². The van der Waals surface area contributed by atoms with Gasteiger partial charge < -0.3 is 10.1 Å². The maximum atomic E-state index is 12.4. The highest BCUT2D eigenvalue weighted by Crippen LogP contribution is 2.13. The summed E-state index contributed by atoms with van der Waals surface area (Å²) >= 11 is 0. The Hall–Kier alpha value is -2.23. The summed E-state index contributed by atoms with van der Waals surface area (Å²) in [7, 11) is -3.70. The number of nitrogens with one attached hydrogen (secondary N) is 2. The van der Waals surface area contributed by atoms with Gasteiger partial charge in [0.05, 0.1) is 17.5 Å². The second-order valence-electron chi connectivity index (χ2n) is 6.04. The van der Waals surface area contributed by atoms with Gasteiger partial charge in [0.15, 0.2) is 0 Å². The molecule has 26 heavy (non-hydrogen) atoms. The van der Waals surface area contributed by atoms with E-state index in [1.807, 2.05) is 0 Å². The molecule has 0 aliphatic carbocycles. The maximum Gasteiger partial charge on any atom is 0.251 e. The van der Waals surface area contributed by atoms with Gasteiger partial charge in [-0.15, -0.1) is 0 Å². The van der Waals surface area contributed by atoms with E-state index in [1.54, 1.807) is 35.3 Å². The van der Waals surface area contributed by atoms with Gasteiger partial charge in [-0.1, -0.05) is 6.07 Å². The predicted molar refractivity (Wildman–Crippen MR) is 95.2 cm³/mol. The van der Waals surface area contributed by atoms with Gasteiger partial charge in [-0.3, -0.25) is 9.48 Å². The lowest BCUT2D eigenvalue weighted by Gasteiger charge is -2.12. The standard InChI is InChI=1S/C17H22N4O4S/c22-17(18-13-15-5-2-11-25-15)14-4-1-6-16(12-14)26(23,24)20-8-10-21-9-3-7-19-21/h1,3-4,6-7,9,12,15,20H,2,5,8,10-11,13H2,(H,18,22). The van der Waals surface area contributed by atoms with E-state index in [1.165, 1.54) is 12.1 Å². The first-order chi connectivity index (χ1) is 12.5. The van der Waals surface area contributed by atoms with E-state index in [0.29, 0.717) is 18.7 Å². The van der Waals surface area contributed by atoms with Gasteiger partial charge in [-0.2, -0.15) is 5.10 Å². The van der Waals surface area contributed by atoms with Crippen LogP contribution in [-0.4, -0.2) is 49.9 Å². The Morgan fingerprint density at radius 1 is 1.35 bits per heavy atom. The summed E-state index contributed by atoms with van der Waals surface area (Å²) in [6.07, 6.45) is 5.35. The zero-order valence-electron chi connectivity index (χ0n) is 14.3. The fourth-order valence-corrected chi connectivity index (χ4v) is 3.80. The molecule has 140 valence electrons. The SMILES string of the molecule is O=C(NCC1CCCO1)c1cccc(S(=O)(=O)NCCn2cccn2)c1. The summed E-state index contributed by atoms with van der Waals surface area (Å²) in [4.78, 5) is 12.3. The summed E-state index contributed by atoms with van der Waals surface area (Å²) in [5.41, 5.74) is 0.304. The van der Waals surface area contributed by atoms with E-state index in [9.17, 15) is 13.2 Å². The van der Waals surface area contributed by atoms with Crippen LogP contribution in [-0.2, 0) is 21.3 Å². The number of rotatable bonds is 8. The smallest absolute Gasteiger partial charge is 0.251 e. The van der Waals surface area contributed by atoms with Crippen molar-refractivity contribution in [1.29, 1.82) is 0 Å². The molecule has 1 fully saturated rings. The Morgan fingerprint density at radius 2 is 2.23 bits per heavy atom. The highest BCUT2D eigenvalue weighted by Gasteiger charge is 2.18. The number of hydrogen-bond donors (Lipinski definition) is 2. The largest absolute Gasteiger partial charge is 0.376 e. The fourth-order valence-electron chi connectivity index (χ4n) is 2.73. The molecule has 9 heteroatoms. The molecular weight excluding hydrogens is 356 g/mol. The van der Waals surface area contributed by atoms with Crippen LogP contribution >= 0.6 is 0 Å². The molecule has 0 radical (unpaired) electrons. The Bertz CT molecular complexity index is 830. The summed E-state index contributed by atoms with van der Waals surface area (Å²) in [5.74, 6) is -0.311. The quantitative estimate of drug-likeness (QED) is 0.706. The molecule has 0 saturated carbocycles. The van der Waals surface area contributed by atoms with Crippen molar-refractivity contribution in [3.63, 3.8) is 0 Å². The fraction of sp³-hybridized carbons (Fsp3) is 0.412. The molecule has 8 nitrogen and oxygen atoms in total. The van der Waals surface area contributed by atoms with Crippen molar-refractivity contribution in [2.24, 2.45) is 0 Å². The van der Waals surface area contributed by atoms with Crippen molar-refractivity contribution in [1.82, 2.24) is 19.8 Å². The van der Waals surface area contributed by atoms with E-state index in [-0.39, 0.29) is 23.5 Å². The van der Waals surface area contributed by atoms with E-state index in [4.69, 9.17) is 4.74 Å². The summed E-state index contributed by atoms with van der Waals surface area (Å²) in [6, 6.07) is 7.76. The number of aromatic nitrogens is 2. The third-order valence-electron chi connectivity index (χ3n) is 4.11. The molecule has 0 spiro atoms. The first kappa shape index (κ1) is 18.6. The Labute approximate surface area is 152 Å². The number of amides is 1. The molecule has 2 heterocycles. The molecule has 1 aliphatic rings. The summed E-state index contributed by atoms with van der Waals surface area (Å²) < 4.78 is 34.4. The minimum atomic E-state index is -3.70. The molecule has 2 aromatic rings. The van der Waals surface area contributed by atoms with Crippen LogP contribution in [0.2, 0.25) is 0 Å². The Morgan fingerprint density at radius 3 is 2.96 bits per heavy atom. The second kappa shape index (κ2) is 8.43. The Balaban J connectivity index is 1.58. The van der Waals surface area contributed by atoms with Crippen LogP contribution in [0.1, 0.15) is 23.2 Å². The van der Waals surface area contributed by atoms with Gasteiger partial charge in [0.2, 0.25) is 10.0 Å². The lowest BCUT2D eigenvalue weighted by atomic mass is 10.2. The van der Waals surface area contributed by atoms with Gasteiger partial charge in [0.25, 0.3) is 5.91 Å². The molecule has 1 amide bonds. The molecule has 1 aromatic carbocycles. The lowest BCUT2D eigenvalue weighted by molar-refractivity contribution is 0.0857. The molecule has 1 unspecified atom stereocenters. The molecule has 1 atom stereocenters. The Kier molecular flexibility index (Phi) is 6.02. The predicted octanol–water partition coefficient (Wildman–Crippen LogP) is 0.770. The van der Waals surface area contributed by atoms with Gasteiger partial charge in [-0.05, 0) is 37.1 Å². The molecule has 1 aromatic heterocycles. The van der Waals surface area contributed by atoms with Crippen LogP contribution < -0.4 is 10.0 Å². The van der Waals surface area contributed by atoms with Gasteiger partial charge in [-0.25, -0.2) is 13.1 Å². The average molecular weight is 378 g/mol. The van der Waals surface area contributed by atoms with Crippen molar-refractivity contribution >= 4 is 15.9 Å². The van der Waals surface area contributed by atoms with Crippen molar-refractivity contribution in [2.45, 2.75) is 30.4 Å². The number of carbonyl (C=O) groups is 1. The third-order valence-corrected chi connectivity index (χ3v) is 5.57. The van der Waals surface area contributed by atoms with Crippen LogP contribution in [0.25, 0.3) is 0 Å². The second-order valence-corrected chi connectivity index (χ2v) is 7.81. The molecule has 2 N–H and O–H groups in total. The van der Waals surface area contributed by atoms with E-state index in [0.717, 1.165) is 19.4 Å². The van der Waals surface area contributed by atoms with Crippen LogP contribution in [0.4, 0.5) is 0 Å². The topological polar surface area (TPSA) is 102 Å². The zero-order valence-corrected chi connectivity index (χ0v) is 15.1. The highest BCUT2D eigenvalue weighted by atomic mass is 32.2. The normalized spacial score (nSPS) is 17.3. The minimum absolute atomic E-state index is 0.0369. The van der Waals surface area contributed by atoms with Gasteiger partial charge in [0, 0.05) is 37.7 Å².